The molecule has 0 unspecified atom stereocenters. The molecule has 0 saturated heterocycles. The van der Waals surface area contributed by atoms with E-state index < -0.39 is 0 Å². The quantitative estimate of drug-likeness (QED) is 0.515. The van der Waals surface area contributed by atoms with Crippen molar-refractivity contribution in [3.63, 3.8) is 0 Å². The molecule has 0 aliphatic rings. The minimum Gasteiger partial charge on any atom is -0.316 e. The first-order chi connectivity index (χ1) is 3.81. The Labute approximate surface area is 49.3 Å². The third kappa shape index (κ3) is 3.21. The van der Waals surface area contributed by atoms with Crippen LogP contribution in [0.2, 0.25) is 0 Å². The van der Waals surface area contributed by atoms with Crippen molar-refractivity contribution in [1.29, 1.82) is 5.26 Å². The molecule has 0 heterocycles. The van der Waals surface area contributed by atoms with Crippen LogP contribution in [-0.4, -0.2) is 6.04 Å². The first-order valence-electron chi connectivity index (χ1n) is 2.40. The van der Waals surface area contributed by atoms with Crippen molar-refractivity contribution < 1.29 is 0 Å². The average Bonchev–Trinajstić information content (AvgIpc) is 1.83. The van der Waals surface area contributed by atoms with Crippen LogP contribution in [-0.2, 0) is 0 Å². The predicted molar refractivity (Wildman–Crippen MR) is 31.7 cm³/mol. The van der Waals surface area contributed by atoms with Crippen LogP contribution in [0.1, 0.15) is 12.8 Å². The number of terminal acetylenes is 1. The second-order valence-corrected chi connectivity index (χ2v) is 1.48. The molecule has 1 atom stereocenters. The Hall–Kier alpha value is -0.990. The highest BCUT2D eigenvalue weighted by Crippen LogP contribution is 1.88. The van der Waals surface area contributed by atoms with Crippen molar-refractivity contribution in [2.75, 3.05) is 0 Å². The Morgan fingerprint density at radius 1 is 1.75 bits per heavy atom. The molecule has 0 fully saturated rings. The minimum absolute atomic E-state index is 0.383. The van der Waals surface area contributed by atoms with Crippen LogP contribution in [0.3, 0.4) is 0 Å². The summed E-state index contributed by atoms with van der Waals surface area (Å²) in [7, 11) is 0. The van der Waals surface area contributed by atoms with Crippen molar-refractivity contribution in [2.45, 2.75) is 18.9 Å². The van der Waals surface area contributed by atoms with Gasteiger partial charge in [-0.15, -0.1) is 12.3 Å². The van der Waals surface area contributed by atoms with Gasteiger partial charge in [0.25, 0.3) is 0 Å². The fourth-order valence-electron chi connectivity index (χ4n) is 0.303. The van der Waals surface area contributed by atoms with E-state index in [1.165, 1.54) is 0 Å². The van der Waals surface area contributed by atoms with E-state index in [0.717, 1.165) is 0 Å². The minimum atomic E-state index is -0.383. The van der Waals surface area contributed by atoms with Crippen LogP contribution in [0, 0.1) is 23.7 Å². The summed E-state index contributed by atoms with van der Waals surface area (Å²) in [5, 5.41) is 8.12. The number of nitrogens with two attached hydrogens (primary N) is 1. The Kier molecular flexibility index (Phi) is 3.66. The van der Waals surface area contributed by atoms with Gasteiger partial charge in [-0.3, -0.25) is 0 Å². The smallest absolute Gasteiger partial charge is 0.0937 e. The average molecular weight is 108 g/mol. The zero-order valence-corrected chi connectivity index (χ0v) is 4.59. The molecule has 2 nitrogen and oxygen atoms in total. The van der Waals surface area contributed by atoms with Gasteiger partial charge in [0.15, 0.2) is 0 Å². The molecule has 0 rings (SSSR count). The lowest BCUT2D eigenvalue weighted by Crippen LogP contribution is -2.16. The summed E-state index contributed by atoms with van der Waals surface area (Å²) in [6, 6.07) is 1.50. The summed E-state index contributed by atoms with van der Waals surface area (Å²) in [4.78, 5) is 0. The van der Waals surface area contributed by atoms with Crippen molar-refractivity contribution >= 4 is 0 Å². The molecule has 0 aliphatic carbocycles. The van der Waals surface area contributed by atoms with E-state index in [9.17, 15) is 0 Å². The molecule has 0 radical (unpaired) electrons. The van der Waals surface area contributed by atoms with E-state index in [0.29, 0.717) is 12.8 Å². The van der Waals surface area contributed by atoms with E-state index in [2.05, 4.69) is 5.92 Å². The molecule has 8 heavy (non-hydrogen) atoms. The summed E-state index contributed by atoms with van der Waals surface area (Å²) in [6.45, 7) is 0. The molecule has 0 amide bonds. The van der Waals surface area contributed by atoms with Crippen LogP contribution in [0.15, 0.2) is 0 Å². The van der Waals surface area contributed by atoms with Gasteiger partial charge in [-0.2, -0.15) is 5.26 Å². The summed E-state index contributed by atoms with van der Waals surface area (Å²) in [6.07, 6.45) is 6.11. The lowest BCUT2D eigenvalue weighted by atomic mass is 10.2. The number of rotatable bonds is 2. The van der Waals surface area contributed by atoms with Crippen LogP contribution >= 0.6 is 0 Å². The Balaban J connectivity index is 3.18. The zero-order valence-electron chi connectivity index (χ0n) is 4.59. The molecule has 0 aromatic carbocycles. The third-order valence-electron chi connectivity index (χ3n) is 0.766. The van der Waals surface area contributed by atoms with Crippen LogP contribution in [0.25, 0.3) is 0 Å². The highest BCUT2D eigenvalue weighted by molar-refractivity contribution is 4.92. The monoisotopic (exact) mass is 108 g/mol. The lowest BCUT2D eigenvalue weighted by molar-refractivity contribution is 0.754. The highest BCUT2D eigenvalue weighted by Gasteiger charge is 1.94. The number of hydrogen-bond donors (Lipinski definition) is 1. The molecule has 2 N–H and O–H groups in total. The highest BCUT2D eigenvalue weighted by atomic mass is 14.6. The fraction of sp³-hybridized carbons (Fsp3) is 0.500. The molecule has 2 heteroatoms. The number of nitriles is 1. The summed E-state index contributed by atoms with van der Waals surface area (Å²) in [5.41, 5.74) is 5.20. The SMILES string of the molecule is C#CCC[C@H](N)C#N. The maximum absolute atomic E-state index is 8.12. The van der Waals surface area contributed by atoms with Gasteiger partial charge in [-0.25, -0.2) is 0 Å². The molecular weight excluding hydrogens is 100 g/mol. The first kappa shape index (κ1) is 7.01. The van der Waals surface area contributed by atoms with Gasteiger partial charge >= 0.3 is 0 Å². The van der Waals surface area contributed by atoms with E-state index >= 15 is 0 Å². The van der Waals surface area contributed by atoms with Crippen molar-refractivity contribution in [3.05, 3.63) is 0 Å². The van der Waals surface area contributed by atoms with E-state index in [-0.39, 0.29) is 6.04 Å². The Morgan fingerprint density at radius 3 is 2.75 bits per heavy atom. The van der Waals surface area contributed by atoms with E-state index in [4.69, 9.17) is 17.4 Å². The number of nitrogens with zero attached hydrogens (tertiary/aromatic N) is 1. The fourth-order valence-corrected chi connectivity index (χ4v) is 0.303. The maximum Gasteiger partial charge on any atom is 0.0937 e. The number of hydrogen-bond acceptors (Lipinski definition) is 2. The van der Waals surface area contributed by atoms with Crippen LogP contribution in [0.4, 0.5) is 0 Å². The van der Waals surface area contributed by atoms with Gasteiger partial charge in [0, 0.05) is 6.42 Å². The summed E-state index contributed by atoms with van der Waals surface area (Å²) in [5.74, 6) is 2.40. The Morgan fingerprint density at radius 2 is 2.38 bits per heavy atom. The molecular formula is C6H8N2. The van der Waals surface area contributed by atoms with Crippen LogP contribution in [0.5, 0.6) is 0 Å². The van der Waals surface area contributed by atoms with Gasteiger partial charge in [-0.05, 0) is 6.42 Å². The van der Waals surface area contributed by atoms with Gasteiger partial charge in [0.05, 0.1) is 12.1 Å². The normalized spacial score (nSPS) is 11.4. The molecule has 0 bridgehead atoms. The largest absolute Gasteiger partial charge is 0.316 e. The molecule has 0 spiro atoms. The van der Waals surface area contributed by atoms with Gasteiger partial charge in [-0.1, -0.05) is 0 Å². The van der Waals surface area contributed by atoms with Gasteiger partial charge in [0.2, 0.25) is 0 Å². The van der Waals surface area contributed by atoms with Crippen molar-refractivity contribution in [3.8, 4) is 18.4 Å². The second-order valence-electron chi connectivity index (χ2n) is 1.48. The first-order valence-corrected chi connectivity index (χ1v) is 2.40. The standard InChI is InChI=1S/C6H8N2/c1-2-3-4-6(8)5-7/h1,6H,3-4,8H2/t6-/m0/s1. The third-order valence-corrected chi connectivity index (χ3v) is 0.766. The molecule has 0 saturated carbocycles. The maximum atomic E-state index is 8.12. The summed E-state index contributed by atoms with van der Waals surface area (Å²) >= 11 is 0. The van der Waals surface area contributed by atoms with E-state index in [1.54, 1.807) is 0 Å². The lowest BCUT2D eigenvalue weighted by Gasteiger charge is -1.93. The van der Waals surface area contributed by atoms with Gasteiger partial charge in [0.1, 0.15) is 0 Å². The summed E-state index contributed by atoms with van der Waals surface area (Å²) < 4.78 is 0. The predicted octanol–water partition coefficient (Wildman–Crippen LogP) is 0.251. The molecule has 42 valence electrons. The molecule has 0 aromatic rings. The zero-order chi connectivity index (χ0) is 6.41. The Bertz CT molecular complexity index is 126. The van der Waals surface area contributed by atoms with Crippen LogP contribution < -0.4 is 5.73 Å². The second kappa shape index (κ2) is 4.18. The topological polar surface area (TPSA) is 49.8 Å². The van der Waals surface area contributed by atoms with E-state index in [1.807, 2.05) is 6.07 Å². The molecule has 0 aromatic heterocycles. The van der Waals surface area contributed by atoms with Gasteiger partial charge < -0.3 is 5.73 Å². The van der Waals surface area contributed by atoms with Crippen molar-refractivity contribution in [1.82, 2.24) is 0 Å². The van der Waals surface area contributed by atoms with Crippen molar-refractivity contribution in [2.24, 2.45) is 5.73 Å². The molecule has 0 aliphatic heterocycles.